The van der Waals surface area contributed by atoms with Gasteiger partial charge in [0.25, 0.3) is 10.0 Å². The molecular weight excluding hydrogens is 276 g/mol. The molecule has 0 aliphatic heterocycles. The molecule has 0 saturated carbocycles. The highest BCUT2D eigenvalue weighted by molar-refractivity contribution is 7.94. The number of nitrogens with zero attached hydrogens (tertiary/aromatic N) is 2. The molecule has 0 aliphatic carbocycles. The number of anilines is 1. The van der Waals surface area contributed by atoms with Crippen molar-refractivity contribution in [3.8, 4) is 0 Å². The molecule has 0 atom stereocenters. The van der Waals surface area contributed by atoms with Crippen LogP contribution in [-0.2, 0) is 10.0 Å². The molecule has 4 nitrogen and oxygen atoms in total. The average molecular weight is 288 g/mol. The van der Waals surface area contributed by atoms with Crippen molar-refractivity contribution in [2.75, 3.05) is 11.4 Å². The Labute approximate surface area is 109 Å². The van der Waals surface area contributed by atoms with E-state index in [1.54, 1.807) is 17.5 Å². The van der Waals surface area contributed by atoms with Crippen molar-refractivity contribution in [3.63, 3.8) is 0 Å². The fourth-order valence-electron chi connectivity index (χ4n) is 1.24. The van der Waals surface area contributed by atoms with Crippen LogP contribution in [0.3, 0.4) is 0 Å². The minimum absolute atomic E-state index is 0.338. The van der Waals surface area contributed by atoms with Gasteiger partial charge in [0, 0.05) is 11.9 Å². The quantitative estimate of drug-likeness (QED) is 0.872. The van der Waals surface area contributed by atoms with E-state index in [0.29, 0.717) is 9.34 Å². The second-order valence-corrected chi connectivity index (χ2v) is 7.87. The van der Waals surface area contributed by atoms with Crippen LogP contribution in [0.5, 0.6) is 0 Å². The van der Waals surface area contributed by atoms with E-state index in [2.05, 4.69) is 4.98 Å². The number of rotatable bonds is 3. The third-order valence-corrected chi connectivity index (χ3v) is 6.78. The van der Waals surface area contributed by atoms with Crippen LogP contribution in [0.25, 0.3) is 0 Å². The Morgan fingerprint density at radius 2 is 2.06 bits per heavy atom. The van der Waals surface area contributed by atoms with Gasteiger partial charge < -0.3 is 0 Å². The van der Waals surface area contributed by atoms with E-state index in [0.717, 1.165) is 10.6 Å². The van der Waals surface area contributed by atoms with Gasteiger partial charge in [0.1, 0.15) is 4.21 Å². The van der Waals surface area contributed by atoms with Crippen molar-refractivity contribution in [2.24, 2.45) is 0 Å². The second-order valence-electron chi connectivity index (χ2n) is 3.54. The lowest BCUT2D eigenvalue weighted by molar-refractivity contribution is 0.596. The van der Waals surface area contributed by atoms with Gasteiger partial charge in [-0.05, 0) is 25.3 Å². The van der Waals surface area contributed by atoms with Crippen LogP contribution < -0.4 is 4.31 Å². The van der Waals surface area contributed by atoms with Gasteiger partial charge >= 0.3 is 0 Å². The van der Waals surface area contributed by atoms with Gasteiger partial charge in [-0.25, -0.2) is 17.7 Å². The zero-order chi connectivity index (χ0) is 12.6. The van der Waals surface area contributed by atoms with Crippen molar-refractivity contribution >= 4 is 37.8 Å². The maximum atomic E-state index is 12.2. The first kappa shape index (κ1) is 12.5. The van der Waals surface area contributed by atoms with Gasteiger partial charge in [-0.2, -0.15) is 0 Å². The van der Waals surface area contributed by atoms with Gasteiger partial charge in [-0.15, -0.1) is 22.7 Å². The molecule has 2 aromatic rings. The van der Waals surface area contributed by atoms with Gasteiger partial charge in [0.2, 0.25) is 0 Å². The average Bonchev–Trinajstić information content (AvgIpc) is 2.88. The summed E-state index contributed by atoms with van der Waals surface area (Å²) in [5, 5.41) is 2.26. The molecule has 0 fully saturated rings. The van der Waals surface area contributed by atoms with Gasteiger partial charge in [0.15, 0.2) is 5.13 Å². The molecule has 0 bridgehead atoms. The van der Waals surface area contributed by atoms with Gasteiger partial charge in [0.05, 0.1) is 5.69 Å². The van der Waals surface area contributed by atoms with E-state index in [-0.39, 0.29) is 0 Å². The van der Waals surface area contributed by atoms with E-state index in [1.165, 1.54) is 34.0 Å². The van der Waals surface area contributed by atoms with Crippen LogP contribution in [0.4, 0.5) is 5.13 Å². The lowest BCUT2D eigenvalue weighted by Crippen LogP contribution is -2.25. The summed E-state index contributed by atoms with van der Waals surface area (Å²) in [6.45, 7) is 3.81. The number of thiophene rings is 1. The van der Waals surface area contributed by atoms with E-state index in [4.69, 9.17) is 0 Å². The maximum absolute atomic E-state index is 12.2. The fourth-order valence-corrected chi connectivity index (χ4v) is 4.63. The monoisotopic (exact) mass is 288 g/mol. The molecule has 0 amide bonds. The standard InChI is InChI=1S/C10H12N2O2S3/c1-7-8(2)16-10(11-7)12(3)17(13,14)9-5-4-6-15-9/h4-6H,1-3H3. The number of sulfonamides is 1. The lowest BCUT2D eigenvalue weighted by Gasteiger charge is -2.14. The highest BCUT2D eigenvalue weighted by Gasteiger charge is 2.24. The molecule has 92 valence electrons. The van der Waals surface area contributed by atoms with E-state index in [1.807, 2.05) is 13.8 Å². The summed E-state index contributed by atoms with van der Waals surface area (Å²) in [5.41, 5.74) is 0.873. The van der Waals surface area contributed by atoms with Crippen molar-refractivity contribution in [1.82, 2.24) is 4.98 Å². The smallest absolute Gasteiger partial charge is 0.244 e. The predicted molar refractivity (Wildman–Crippen MR) is 71.5 cm³/mol. The number of aryl methyl sites for hydroxylation is 2. The third kappa shape index (κ3) is 2.22. The van der Waals surface area contributed by atoms with Crippen molar-refractivity contribution in [3.05, 3.63) is 28.1 Å². The van der Waals surface area contributed by atoms with Crippen LogP contribution in [-0.4, -0.2) is 20.4 Å². The minimum atomic E-state index is -3.45. The van der Waals surface area contributed by atoms with E-state index in [9.17, 15) is 8.42 Å². The molecule has 0 aliphatic rings. The first-order valence-electron chi connectivity index (χ1n) is 4.89. The van der Waals surface area contributed by atoms with Gasteiger partial charge in [-0.1, -0.05) is 6.07 Å². The Morgan fingerprint density at radius 3 is 2.53 bits per heavy atom. The van der Waals surface area contributed by atoms with Crippen LogP contribution >= 0.6 is 22.7 Å². The zero-order valence-electron chi connectivity index (χ0n) is 9.67. The van der Waals surface area contributed by atoms with E-state index < -0.39 is 10.0 Å². The summed E-state index contributed by atoms with van der Waals surface area (Å²) in [6, 6.07) is 3.33. The number of hydrogen-bond acceptors (Lipinski definition) is 5. The maximum Gasteiger partial charge on any atom is 0.275 e. The fraction of sp³-hybridized carbons (Fsp3) is 0.300. The summed E-state index contributed by atoms with van der Waals surface area (Å²) < 4.78 is 26.0. The molecule has 0 spiro atoms. The molecule has 0 radical (unpaired) electrons. The molecular formula is C10H12N2O2S3. The normalized spacial score (nSPS) is 11.7. The van der Waals surface area contributed by atoms with Crippen LogP contribution in [0.2, 0.25) is 0 Å². The molecule has 0 aromatic carbocycles. The summed E-state index contributed by atoms with van der Waals surface area (Å²) in [4.78, 5) is 5.29. The lowest BCUT2D eigenvalue weighted by atomic mass is 10.4. The zero-order valence-corrected chi connectivity index (χ0v) is 12.1. The molecule has 0 N–H and O–H groups in total. The highest BCUT2D eigenvalue weighted by atomic mass is 32.2. The van der Waals surface area contributed by atoms with Crippen molar-refractivity contribution in [1.29, 1.82) is 0 Å². The summed E-state index contributed by atoms with van der Waals surface area (Å²) in [5.74, 6) is 0. The van der Waals surface area contributed by atoms with Crippen LogP contribution in [0, 0.1) is 13.8 Å². The molecule has 2 rings (SSSR count). The second kappa shape index (κ2) is 4.40. The summed E-state index contributed by atoms with van der Waals surface area (Å²) >= 11 is 2.60. The SMILES string of the molecule is Cc1nc(N(C)S(=O)(=O)c2cccs2)sc1C. The Hall–Kier alpha value is -0.920. The number of hydrogen-bond donors (Lipinski definition) is 0. The van der Waals surface area contributed by atoms with Crippen molar-refractivity contribution < 1.29 is 8.42 Å². The Balaban J connectivity index is 2.41. The molecule has 17 heavy (non-hydrogen) atoms. The van der Waals surface area contributed by atoms with E-state index >= 15 is 0 Å². The van der Waals surface area contributed by atoms with Gasteiger partial charge in [-0.3, -0.25) is 0 Å². The molecule has 0 unspecified atom stereocenters. The molecule has 0 saturated heterocycles. The minimum Gasteiger partial charge on any atom is -0.244 e. The molecule has 2 heterocycles. The molecule has 7 heteroatoms. The summed E-state index contributed by atoms with van der Waals surface area (Å²) in [6.07, 6.45) is 0. The summed E-state index contributed by atoms with van der Waals surface area (Å²) in [7, 11) is -1.92. The third-order valence-electron chi connectivity index (χ3n) is 2.40. The topological polar surface area (TPSA) is 50.3 Å². The van der Waals surface area contributed by atoms with Crippen LogP contribution in [0.15, 0.2) is 21.7 Å². The first-order valence-corrected chi connectivity index (χ1v) is 8.03. The highest BCUT2D eigenvalue weighted by Crippen LogP contribution is 2.29. The van der Waals surface area contributed by atoms with Crippen molar-refractivity contribution in [2.45, 2.75) is 18.1 Å². The Bertz CT molecular complexity index is 595. The largest absolute Gasteiger partial charge is 0.275 e. The number of aromatic nitrogens is 1. The first-order chi connectivity index (χ1) is 7.93. The predicted octanol–water partition coefficient (Wildman–Crippen LogP) is 2.65. The number of thiazole rings is 1. The Kier molecular flexibility index (Phi) is 3.24. The Morgan fingerprint density at radius 1 is 1.35 bits per heavy atom. The van der Waals surface area contributed by atoms with Crippen LogP contribution in [0.1, 0.15) is 10.6 Å². The molecule has 2 aromatic heterocycles.